The van der Waals surface area contributed by atoms with Gasteiger partial charge in [-0.15, -0.1) is 0 Å². The molecule has 3 aromatic carbocycles. The number of amides is 1. The molecule has 0 fully saturated rings. The summed E-state index contributed by atoms with van der Waals surface area (Å²) in [4.78, 5) is 36.7. The molecular formula is C29H27F2N5O5. The number of esters is 1. The number of aromatic amines is 1. The first-order valence-electron chi connectivity index (χ1n) is 12.9. The predicted octanol–water partition coefficient (Wildman–Crippen LogP) is 4.57. The van der Waals surface area contributed by atoms with Crippen LogP contribution in [0.3, 0.4) is 0 Å². The monoisotopic (exact) mass is 563 g/mol. The van der Waals surface area contributed by atoms with Crippen molar-refractivity contribution in [1.29, 1.82) is 0 Å². The Labute approximate surface area is 232 Å². The van der Waals surface area contributed by atoms with E-state index in [1.54, 1.807) is 67.9 Å². The van der Waals surface area contributed by atoms with E-state index in [-0.39, 0.29) is 36.7 Å². The van der Waals surface area contributed by atoms with E-state index < -0.39 is 29.3 Å². The minimum absolute atomic E-state index is 0.116. The molecule has 1 atom stereocenters. The molecule has 0 saturated heterocycles. The van der Waals surface area contributed by atoms with Crippen LogP contribution in [0.2, 0.25) is 0 Å². The molecule has 41 heavy (non-hydrogen) atoms. The summed E-state index contributed by atoms with van der Waals surface area (Å²) in [6, 6.07) is 12.8. The number of nitrogens with one attached hydrogen (secondary N) is 2. The lowest BCUT2D eigenvalue weighted by Gasteiger charge is -2.11. The molecule has 0 aliphatic heterocycles. The summed E-state index contributed by atoms with van der Waals surface area (Å²) >= 11 is 0. The zero-order valence-electron chi connectivity index (χ0n) is 22.5. The van der Waals surface area contributed by atoms with Gasteiger partial charge in [-0.1, -0.05) is 12.1 Å². The molecule has 212 valence electrons. The molecule has 1 unspecified atom stereocenters. The van der Waals surface area contributed by atoms with Gasteiger partial charge in [0, 0.05) is 18.7 Å². The quantitative estimate of drug-likeness (QED) is 0.177. The number of phenols is 1. The number of benzene rings is 3. The van der Waals surface area contributed by atoms with Crippen molar-refractivity contribution in [2.24, 2.45) is 7.05 Å². The topological polar surface area (TPSA) is 131 Å². The molecule has 0 aliphatic carbocycles. The first-order chi connectivity index (χ1) is 19.7. The van der Waals surface area contributed by atoms with Crippen molar-refractivity contribution in [2.75, 3.05) is 19.8 Å². The fourth-order valence-corrected chi connectivity index (χ4v) is 4.55. The van der Waals surface area contributed by atoms with Crippen LogP contribution in [0.4, 0.5) is 8.78 Å². The van der Waals surface area contributed by atoms with Gasteiger partial charge in [0.2, 0.25) is 0 Å². The summed E-state index contributed by atoms with van der Waals surface area (Å²) in [6.07, 6.45) is 0. The van der Waals surface area contributed by atoms with E-state index in [2.05, 4.69) is 20.3 Å². The largest absolute Gasteiger partial charge is 0.503 e. The van der Waals surface area contributed by atoms with Crippen LogP contribution >= 0.6 is 0 Å². The number of aromatic nitrogens is 4. The Hall–Kier alpha value is -5.00. The fourth-order valence-electron chi connectivity index (χ4n) is 4.55. The van der Waals surface area contributed by atoms with Crippen molar-refractivity contribution in [1.82, 2.24) is 24.8 Å². The van der Waals surface area contributed by atoms with Gasteiger partial charge in [0.05, 0.1) is 35.6 Å². The summed E-state index contributed by atoms with van der Waals surface area (Å²) in [6.45, 7) is 4.11. The molecule has 5 aromatic rings. The van der Waals surface area contributed by atoms with E-state index in [0.29, 0.717) is 39.6 Å². The standard InChI is InChI=1S/C29H27F2N5O5/c1-4-40-29(39)17-7-5-6-8-22(17)41-12-11-32-28(38)16-9-10-19-21(13-16)36(3)27(34-19)15(2)26-33-20-14-18(30)25(37)23(31)24(20)35-26/h5-10,13-15,37H,4,11-12H2,1-3H3,(H,32,38)(H,33,35). The predicted molar refractivity (Wildman–Crippen MR) is 146 cm³/mol. The molecule has 10 nitrogen and oxygen atoms in total. The number of phenolic OH excluding ortho intramolecular Hbond substituents is 1. The van der Waals surface area contributed by atoms with Crippen LogP contribution in [0, 0.1) is 11.6 Å². The van der Waals surface area contributed by atoms with Gasteiger partial charge >= 0.3 is 5.97 Å². The molecule has 0 radical (unpaired) electrons. The number of nitrogens with zero attached hydrogens (tertiary/aromatic N) is 3. The number of halogens is 2. The van der Waals surface area contributed by atoms with Crippen LogP contribution in [-0.2, 0) is 11.8 Å². The van der Waals surface area contributed by atoms with Crippen molar-refractivity contribution in [2.45, 2.75) is 19.8 Å². The Balaban J connectivity index is 1.28. The van der Waals surface area contributed by atoms with Gasteiger partial charge in [0.25, 0.3) is 5.91 Å². The molecule has 0 aliphatic rings. The van der Waals surface area contributed by atoms with Gasteiger partial charge in [-0.05, 0) is 44.2 Å². The third-order valence-electron chi connectivity index (χ3n) is 6.67. The van der Waals surface area contributed by atoms with Gasteiger partial charge < -0.3 is 29.4 Å². The number of para-hydroxylation sites is 1. The third-order valence-corrected chi connectivity index (χ3v) is 6.67. The molecular weight excluding hydrogens is 536 g/mol. The Bertz CT molecular complexity index is 1780. The van der Waals surface area contributed by atoms with Gasteiger partial charge in [-0.3, -0.25) is 4.79 Å². The molecule has 2 heterocycles. The number of aromatic hydroxyl groups is 1. The lowest BCUT2D eigenvalue weighted by atomic mass is 10.1. The SMILES string of the molecule is CCOC(=O)c1ccccc1OCCNC(=O)c1ccc2nc(C(C)c3nc4c(F)c(O)c(F)cc4[nH]3)n(C)c2c1. The average molecular weight is 564 g/mol. The van der Waals surface area contributed by atoms with E-state index in [4.69, 9.17) is 9.47 Å². The lowest BCUT2D eigenvalue weighted by molar-refractivity contribution is 0.0521. The molecule has 0 bridgehead atoms. The summed E-state index contributed by atoms with van der Waals surface area (Å²) in [5.74, 6) is -3.26. The summed E-state index contributed by atoms with van der Waals surface area (Å²) in [5.41, 5.74) is 1.98. The number of imidazole rings is 2. The third kappa shape index (κ3) is 5.28. The number of fused-ring (bicyclic) bond motifs is 2. The molecule has 12 heteroatoms. The highest BCUT2D eigenvalue weighted by Crippen LogP contribution is 2.31. The Kier molecular flexibility index (Phi) is 7.56. The van der Waals surface area contributed by atoms with Crippen molar-refractivity contribution in [3.05, 3.63) is 82.9 Å². The number of carbonyl (C=O) groups excluding carboxylic acids is 2. The number of ether oxygens (including phenoxy) is 2. The van der Waals surface area contributed by atoms with Gasteiger partial charge in [0.1, 0.15) is 35.1 Å². The van der Waals surface area contributed by atoms with E-state index in [1.165, 1.54) is 0 Å². The maximum Gasteiger partial charge on any atom is 0.341 e. The van der Waals surface area contributed by atoms with Gasteiger partial charge in [-0.2, -0.15) is 0 Å². The molecule has 3 N–H and O–H groups in total. The van der Waals surface area contributed by atoms with E-state index in [0.717, 1.165) is 6.07 Å². The number of rotatable bonds is 9. The number of aryl methyl sites for hydroxylation is 1. The van der Waals surface area contributed by atoms with Crippen LogP contribution in [-0.4, -0.2) is 56.3 Å². The Morgan fingerprint density at radius 1 is 1.15 bits per heavy atom. The van der Waals surface area contributed by atoms with E-state index >= 15 is 0 Å². The first-order valence-corrected chi connectivity index (χ1v) is 12.9. The van der Waals surface area contributed by atoms with Crippen LogP contribution in [0.5, 0.6) is 11.5 Å². The highest BCUT2D eigenvalue weighted by Gasteiger charge is 2.23. The van der Waals surface area contributed by atoms with Crippen LogP contribution in [0.25, 0.3) is 22.1 Å². The molecule has 0 saturated carbocycles. The fraction of sp³-hybridized carbons (Fsp3) is 0.241. The summed E-state index contributed by atoms with van der Waals surface area (Å²) in [7, 11) is 1.78. The molecule has 0 spiro atoms. The number of carbonyl (C=O) groups is 2. The van der Waals surface area contributed by atoms with Crippen molar-refractivity contribution in [3.63, 3.8) is 0 Å². The molecule has 1 amide bonds. The molecule has 5 rings (SSSR count). The molecule has 2 aromatic heterocycles. The lowest BCUT2D eigenvalue weighted by Crippen LogP contribution is -2.28. The smallest absolute Gasteiger partial charge is 0.341 e. The maximum absolute atomic E-state index is 14.3. The second-order valence-corrected chi connectivity index (χ2v) is 9.31. The van der Waals surface area contributed by atoms with Gasteiger partial charge in [-0.25, -0.2) is 23.5 Å². The Morgan fingerprint density at radius 3 is 2.71 bits per heavy atom. The average Bonchev–Trinajstić information content (AvgIpc) is 3.55. The number of hydrogen-bond donors (Lipinski definition) is 3. The minimum Gasteiger partial charge on any atom is -0.503 e. The zero-order valence-corrected chi connectivity index (χ0v) is 22.5. The minimum atomic E-state index is -1.14. The van der Waals surface area contributed by atoms with Crippen LogP contribution in [0.15, 0.2) is 48.5 Å². The summed E-state index contributed by atoms with van der Waals surface area (Å²) < 4.78 is 40.7. The second kappa shape index (κ2) is 11.2. The normalized spacial score (nSPS) is 12.0. The Morgan fingerprint density at radius 2 is 1.93 bits per heavy atom. The van der Waals surface area contributed by atoms with Crippen molar-refractivity contribution >= 4 is 33.9 Å². The van der Waals surface area contributed by atoms with Crippen molar-refractivity contribution in [3.8, 4) is 11.5 Å². The van der Waals surface area contributed by atoms with Gasteiger partial charge in [0.15, 0.2) is 17.4 Å². The van der Waals surface area contributed by atoms with E-state index in [1.807, 2.05) is 0 Å². The first kappa shape index (κ1) is 27.6. The second-order valence-electron chi connectivity index (χ2n) is 9.31. The highest BCUT2D eigenvalue weighted by atomic mass is 19.1. The number of H-pyrrole nitrogens is 1. The van der Waals surface area contributed by atoms with Crippen molar-refractivity contribution < 1.29 is 33.0 Å². The van der Waals surface area contributed by atoms with Crippen LogP contribution in [0.1, 0.15) is 52.1 Å². The zero-order chi connectivity index (χ0) is 29.3. The maximum atomic E-state index is 14.3. The highest BCUT2D eigenvalue weighted by molar-refractivity contribution is 5.97. The number of hydrogen-bond acceptors (Lipinski definition) is 7. The summed E-state index contributed by atoms with van der Waals surface area (Å²) in [5, 5.41) is 12.4. The van der Waals surface area contributed by atoms with Crippen LogP contribution < -0.4 is 10.1 Å². The van der Waals surface area contributed by atoms with E-state index in [9.17, 15) is 23.5 Å².